The lowest BCUT2D eigenvalue weighted by Gasteiger charge is -2.34. The third kappa shape index (κ3) is 6.27. The van der Waals surface area contributed by atoms with E-state index in [0.717, 1.165) is 11.1 Å². The molecule has 0 spiro atoms. The summed E-state index contributed by atoms with van der Waals surface area (Å²) in [5.41, 5.74) is 3.16. The van der Waals surface area contributed by atoms with Crippen LogP contribution in [-0.2, 0) is 11.3 Å². The summed E-state index contributed by atoms with van der Waals surface area (Å²) >= 11 is 0. The van der Waals surface area contributed by atoms with E-state index in [9.17, 15) is 9.59 Å². The van der Waals surface area contributed by atoms with Gasteiger partial charge in [-0.15, -0.1) is 0 Å². The molecule has 8 heteroatoms. The van der Waals surface area contributed by atoms with E-state index in [0.29, 0.717) is 56.3 Å². The highest BCUT2D eigenvalue weighted by Gasteiger charge is 2.27. The lowest BCUT2D eigenvalue weighted by Crippen LogP contribution is -2.51. The van der Waals surface area contributed by atoms with Crippen molar-refractivity contribution in [3.05, 3.63) is 71.9 Å². The Morgan fingerprint density at radius 3 is 2.46 bits per heavy atom. The lowest BCUT2D eigenvalue weighted by atomic mass is 10.1. The molecule has 0 radical (unpaired) electrons. The number of piperazine rings is 1. The molecule has 1 saturated heterocycles. The molecule has 8 nitrogen and oxygen atoms in total. The van der Waals surface area contributed by atoms with E-state index in [-0.39, 0.29) is 17.9 Å². The lowest BCUT2D eigenvalue weighted by molar-refractivity contribution is -0.123. The molecule has 184 valence electrons. The molecule has 0 saturated carbocycles. The highest BCUT2D eigenvalue weighted by Crippen LogP contribution is 2.27. The summed E-state index contributed by atoms with van der Waals surface area (Å²) in [5.74, 6) is 0.683. The Hall–Kier alpha value is -3.65. The van der Waals surface area contributed by atoms with Gasteiger partial charge in [-0.1, -0.05) is 42.5 Å². The van der Waals surface area contributed by atoms with Crippen molar-refractivity contribution in [1.29, 1.82) is 0 Å². The molecule has 1 aliphatic heterocycles. The Labute approximate surface area is 206 Å². The summed E-state index contributed by atoms with van der Waals surface area (Å²) in [6.45, 7) is 7.27. The Kier molecular flexibility index (Phi) is 7.82. The first-order chi connectivity index (χ1) is 16.9. The average Bonchev–Trinajstić information content (AvgIpc) is 3.28. The summed E-state index contributed by atoms with van der Waals surface area (Å²) in [6, 6.07) is 17.8. The van der Waals surface area contributed by atoms with Gasteiger partial charge in [0.05, 0.1) is 25.8 Å². The van der Waals surface area contributed by atoms with Gasteiger partial charge < -0.3 is 15.0 Å². The first-order valence-corrected chi connectivity index (χ1v) is 12.0. The van der Waals surface area contributed by atoms with Crippen LogP contribution in [0.1, 0.15) is 29.8 Å². The van der Waals surface area contributed by atoms with Crippen molar-refractivity contribution in [3.63, 3.8) is 0 Å². The monoisotopic (exact) mass is 475 g/mol. The number of methoxy groups -OCH3 is 1. The summed E-state index contributed by atoms with van der Waals surface area (Å²) in [4.78, 5) is 29.7. The fourth-order valence-electron chi connectivity index (χ4n) is 4.26. The second-order valence-corrected chi connectivity index (χ2v) is 9.10. The van der Waals surface area contributed by atoms with Crippen LogP contribution in [0.3, 0.4) is 0 Å². The maximum atomic E-state index is 13.6. The number of nitrogens with zero attached hydrogens (tertiary/aromatic N) is 4. The summed E-state index contributed by atoms with van der Waals surface area (Å²) < 4.78 is 7.22. The molecule has 4 rings (SSSR count). The number of benzene rings is 2. The number of carbonyl (C=O) groups excluding carboxylic acids is 2. The highest BCUT2D eigenvalue weighted by molar-refractivity contribution is 6.00. The Morgan fingerprint density at radius 2 is 1.77 bits per heavy atom. The second kappa shape index (κ2) is 11.2. The molecule has 3 aromatic rings. The van der Waals surface area contributed by atoms with Gasteiger partial charge in [-0.25, -0.2) is 0 Å². The molecule has 35 heavy (non-hydrogen) atoms. The molecule has 1 aliphatic rings. The zero-order valence-electron chi connectivity index (χ0n) is 20.6. The number of hydrogen-bond donors (Lipinski definition) is 1. The first kappa shape index (κ1) is 24.5. The predicted octanol–water partition coefficient (Wildman–Crippen LogP) is 2.89. The van der Waals surface area contributed by atoms with Crippen LogP contribution in [0.5, 0.6) is 5.75 Å². The number of rotatable bonds is 8. The summed E-state index contributed by atoms with van der Waals surface area (Å²) in [7, 11) is 1.63. The maximum Gasteiger partial charge on any atom is 0.257 e. The zero-order valence-corrected chi connectivity index (χ0v) is 20.6. The summed E-state index contributed by atoms with van der Waals surface area (Å²) in [5, 5.41) is 7.72. The number of nitrogens with one attached hydrogen (secondary N) is 1. The largest absolute Gasteiger partial charge is 0.497 e. The smallest absolute Gasteiger partial charge is 0.257 e. The molecule has 0 unspecified atom stereocenters. The van der Waals surface area contributed by atoms with Crippen molar-refractivity contribution in [2.75, 3.05) is 39.8 Å². The molecule has 1 N–H and O–H groups in total. The first-order valence-electron chi connectivity index (χ1n) is 12.0. The normalized spacial score (nSPS) is 14.2. The van der Waals surface area contributed by atoms with Gasteiger partial charge >= 0.3 is 0 Å². The predicted molar refractivity (Wildman–Crippen MR) is 135 cm³/mol. The second-order valence-electron chi connectivity index (χ2n) is 9.10. The fourth-order valence-corrected chi connectivity index (χ4v) is 4.26. The average molecular weight is 476 g/mol. The van der Waals surface area contributed by atoms with Crippen LogP contribution in [0, 0.1) is 0 Å². The van der Waals surface area contributed by atoms with Crippen molar-refractivity contribution in [1.82, 2.24) is 24.9 Å². The molecule has 2 heterocycles. The van der Waals surface area contributed by atoms with Crippen molar-refractivity contribution < 1.29 is 14.3 Å². The molecular formula is C27H33N5O3. The van der Waals surface area contributed by atoms with Crippen molar-refractivity contribution in [2.45, 2.75) is 26.4 Å². The number of aromatic nitrogens is 2. The molecule has 2 amide bonds. The van der Waals surface area contributed by atoms with Crippen LogP contribution in [0.2, 0.25) is 0 Å². The number of ether oxygens (including phenoxy) is 1. The quantitative estimate of drug-likeness (QED) is 0.542. The maximum absolute atomic E-state index is 13.6. The molecule has 0 atom stereocenters. The van der Waals surface area contributed by atoms with Crippen molar-refractivity contribution in [3.8, 4) is 17.0 Å². The van der Waals surface area contributed by atoms with E-state index < -0.39 is 0 Å². The van der Waals surface area contributed by atoms with Gasteiger partial charge in [0.15, 0.2) is 0 Å². The minimum Gasteiger partial charge on any atom is -0.497 e. The minimum absolute atomic E-state index is 0.0160. The topological polar surface area (TPSA) is 79.7 Å². The van der Waals surface area contributed by atoms with Crippen LogP contribution in [0.25, 0.3) is 11.3 Å². The Balaban J connectivity index is 1.53. The standard InChI is InChI=1S/C27H33N5O3/c1-20(2)28-25(33)19-30-12-14-31(15-13-30)27(34)24-18-32(17-21-8-5-4-6-9-21)29-26(24)22-10-7-11-23(16-22)35-3/h4-11,16,18,20H,12-15,17,19H2,1-3H3,(H,28,33). The fraction of sp³-hybridized carbons (Fsp3) is 0.370. The number of carbonyl (C=O) groups is 2. The summed E-state index contributed by atoms with van der Waals surface area (Å²) in [6.07, 6.45) is 1.84. The van der Waals surface area contributed by atoms with Crippen molar-refractivity contribution >= 4 is 11.8 Å². The van der Waals surface area contributed by atoms with Gasteiger partial charge in [-0.05, 0) is 31.5 Å². The molecule has 1 aromatic heterocycles. The van der Waals surface area contributed by atoms with Crippen LogP contribution in [0.4, 0.5) is 0 Å². The third-order valence-corrected chi connectivity index (χ3v) is 6.00. The molecule has 0 bridgehead atoms. The molecule has 0 aliphatic carbocycles. The number of hydrogen-bond acceptors (Lipinski definition) is 5. The third-order valence-electron chi connectivity index (χ3n) is 6.00. The number of amides is 2. The van der Waals surface area contributed by atoms with Crippen LogP contribution < -0.4 is 10.1 Å². The van der Waals surface area contributed by atoms with E-state index in [4.69, 9.17) is 9.84 Å². The van der Waals surface area contributed by atoms with Gasteiger partial charge in [0.25, 0.3) is 5.91 Å². The Morgan fingerprint density at radius 1 is 1.03 bits per heavy atom. The SMILES string of the molecule is COc1cccc(-c2nn(Cc3ccccc3)cc2C(=O)N2CCN(CC(=O)NC(C)C)CC2)c1. The Bertz CT molecular complexity index is 1150. The van der Waals surface area contributed by atoms with E-state index in [1.165, 1.54) is 0 Å². The van der Waals surface area contributed by atoms with Gasteiger partial charge in [0.2, 0.25) is 5.91 Å². The van der Waals surface area contributed by atoms with Gasteiger partial charge in [0, 0.05) is 44.0 Å². The van der Waals surface area contributed by atoms with E-state index >= 15 is 0 Å². The van der Waals surface area contributed by atoms with Crippen LogP contribution in [-0.4, -0.2) is 77.3 Å². The molecule has 1 fully saturated rings. The molecular weight excluding hydrogens is 442 g/mol. The van der Waals surface area contributed by atoms with E-state index in [2.05, 4.69) is 10.2 Å². The molecule has 2 aromatic carbocycles. The van der Waals surface area contributed by atoms with Gasteiger partial charge in [0.1, 0.15) is 11.4 Å². The minimum atomic E-state index is -0.0478. The van der Waals surface area contributed by atoms with Crippen LogP contribution in [0.15, 0.2) is 60.8 Å². The van der Waals surface area contributed by atoms with E-state index in [1.54, 1.807) is 7.11 Å². The van der Waals surface area contributed by atoms with Crippen LogP contribution >= 0.6 is 0 Å². The van der Waals surface area contributed by atoms with Gasteiger partial charge in [-0.2, -0.15) is 5.10 Å². The van der Waals surface area contributed by atoms with E-state index in [1.807, 2.05) is 84.2 Å². The van der Waals surface area contributed by atoms with Crippen molar-refractivity contribution in [2.24, 2.45) is 0 Å². The highest BCUT2D eigenvalue weighted by atomic mass is 16.5. The zero-order chi connectivity index (χ0) is 24.8. The van der Waals surface area contributed by atoms with Gasteiger partial charge in [-0.3, -0.25) is 19.2 Å².